The molecular formula is C10H14BrN3O4S. The number of aromatic nitrogens is 2. The quantitative estimate of drug-likeness (QED) is 0.765. The standard InChI is InChI=1S/C10H14BrN3O4S/c11-9-8(5-12-14(2-3-15)10(9)16)13-7-1-4-19(17,18)6-7/h5,7,13,15H,1-4,6H2. The lowest BCUT2D eigenvalue weighted by atomic mass is 10.2. The van der Waals surface area contributed by atoms with E-state index in [1.165, 1.54) is 6.20 Å². The first-order valence-electron chi connectivity index (χ1n) is 5.76. The average molecular weight is 352 g/mol. The van der Waals surface area contributed by atoms with Crippen molar-refractivity contribution in [2.75, 3.05) is 23.4 Å². The Bertz CT molecular complexity index is 628. The first kappa shape index (κ1) is 14.5. The number of hydrogen-bond acceptors (Lipinski definition) is 6. The molecule has 1 aromatic rings. The second-order valence-electron chi connectivity index (χ2n) is 4.37. The summed E-state index contributed by atoms with van der Waals surface area (Å²) in [4.78, 5) is 11.9. The smallest absolute Gasteiger partial charge is 0.283 e. The van der Waals surface area contributed by atoms with E-state index in [-0.39, 0.29) is 36.3 Å². The van der Waals surface area contributed by atoms with E-state index >= 15 is 0 Å². The molecule has 1 fully saturated rings. The lowest BCUT2D eigenvalue weighted by Crippen LogP contribution is -2.28. The third-order valence-corrected chi connectivity index (χ3v) is 5.42. The number of hydrogen-bond donors (Lipinski definition) is 2. The minimum Gasteiger partial charge on any atom is -0.394 e. The molecule has 19 heavy (non-hydrogen) atoms. The van der Waals surface area contributed by atoms with Crippen LogP contribution in [-0.4, -0.2) is 47.5 Å². The van der Waals surface area contributed by atoms with Gasteiger partial charge in [0, 0.05) is 6.04 Å². The summed E-state index contributed by atoms with van der Waals surface area (Å²) in [5.41, 5.74) is 0.112. The van der Waals surface area contributed by atoms with Crippen molar-refractivity contribution in [3.63, 3.8) is 0 Å². The summed E-state index contributed by atoms with van der Waals surface area (Å²) in [5.74, 6) is 0.233. The van der Waals surface area contributed by atoms with Crippen molar-refractivity contribution in [3.05, 3.63) is 21.0 Å². The molecule has 2 heterocycles. The second kappa shape index (κ2) is 5.59. The lowest BCUT2D eigenvalue weighted by Gasteiger charge is -2.14. The second-order valence-corrected chi connectivity index (χ2v) is 7.39. The Morgan fingerprint density at radius 3 is 2.89 bits per heavy atom. The molecule has 1 unspecified atom stereocenters. The highest BCUT2D eigenvalue weighted by Crippen LogP contribution is 2.21. The predicted octanol–water partition coefficient (Wildman–Crippen LogP) is -0.403. The zero-order valence-electron chi connectivity index (χ0n) is 10.0. The number of nitrogens with one attached hydrogen (secondary N) is 1. The van der Waals surface area contributed by atoms with Gasteiger partial charge in [0.2, 0.25) is 0 Å². The molecule has 1 aromatic heterocycles. The van der Waals surface area contributed by atoms with Crippen LogP contribution in [0.3, 0.4) is 0 Å². The minimum atomic E-state index is -2.97. The van der Waals surface area contributed by atoms with E-state index in [0.717, 1.165) is 4.68 Å². The molecule has 2 rings (SSSR count). The number of sulfone groups is 1. The van der Waals surface area contributed by atoms with Crippen LogP contribution in [0.1, 0.15) is 6.42 Å². The van der Waals surface area contributed by atoms with Crippen molar-refractivity contribution in [2.45, 2.75) is 19.0 Å². The molecule has 0 spiro atoms. The van der Waals surface area contributed by atoms with Gasteiger partial charge < -0.3 is 10.4 Å². The van der Waals surface area contributed by atoms with Gasteiger partial charge in [0.25, 0.3) is 5.56 Å². The minimum absolute atomic E-state index is 0.0686. The Hall–Kier alpha value is -0.930. The van der Waals surface area contributed by atoms with E-state index in [0.29, 0.717) is 16.6 Å². The zero-order valence-corrected chi connectivity index (χ0v) is 12.4. The third kappa shape index (κ3) is 3.34. The third-order valence-electron chi connectivity index (χ3n) is 2.89. The van der Waals surface area contributed by atoms with E-state index in [2.05, 4.69) is 26.3 Å². The normalized spacial score (nSPS) is 21.5. The Morgan fingerprint density at radius 2 is 2.32 bits per heavy atom. The fraction of sp³-hybridized carbons (Fsp3) is 0.600. The summed E-state index contributed by atoms with van der Waals surface area (Å²) in [7, 11) is -2.97. The summed E-state index contributed by atoms with van der Waals surface area (Å²) >= 11 is 3.17. The summed E-state index contributed by atoms with van der Waals surface area (Å²) in [6.45, 7) is -0.0531. The summed E-state index contributed by atoms with van der Waals surface area (Å²) in [6, 6.07) is -0.198. The predicted molar refractivity (Wildman–Crippen MR) is 74.0 cm³/mol. The molecule has 106 valence electrons. The molecule has 0 bridgehead atoms. The number of rotatable bonds is 4. The molecule has 0 aromatic carbocycles. The molecule has 1 aliphatic heterocycles. The lowest BCUT2D eigenvalue weighted by molar-refractivity contribution is 0.266. The fourth-order valence-electron chi connectivity index (χ4n) is 1.95. The summed E-state index contributed by atoms with van der Waals surface area (Å²) in [5, 5.41) is 15.7. The highest BCUT2D eigenvalue weighted by molar-refractivity contribution is 9.10. The van der Waals surface area contributed by atoms with Crippen LogP contribution in [0.4, 0.5) is 5.69 Å². The maximum Gasteiger partial charge on any atom is 0.283 e. The van der Waals surface area contributed by atoms with Crippen molar-refractivity contribution in [3.8, 4) is 0 Å². The molecule has 0 amide bonds. The highest BCUT2D eigenvalue weighted by Gasteiger charge is 2.28. The van der Waals surface area contributed by atoms with Gasteiger partial charge in [-0.15, -0.1) is 0 Å². The number of aliphatic hydroxyl groups excluding tert-OH is 1. The van der Waals surface area contributed by atoms with Gasteiger partial charge in [0.15, 0.2) is 9.84 Å². The van der Waals surface area contributed by atoms with E-state index < -0.39 is 9.84 Å². The number of halogens is 1. The fourth-order valence-corrected chi connectivity index (χ4v) is 4.04. The van der Waals surface area contributed by atoms with Crippen LogP contribution in [0.25, 0.3) is 0 Å². The summed E-state index contributed by atoms with van der Waals surface area (Å²) < 4.78 is 24.2. The Balaban J connectivity index is 2.18. The molecule has 1 aliphatic rings. The highest BCUT2D eigenvalue weighted by atomic mass is 79.9. The van der Waals surface area contributed by atoms with Gasteiger partial charge in [-0.05, 0) is 22.4 Å². The number of nitrogens with zero attached hydrogens (tertiary/aromatic N) is 2. The Morgan fingerprint density at radius 1 is 1.58 bits per heavy atom. The number of aliphatic hydroxyl groups is 1. The van der Waals surface area contributed by atoms with Gasteiger partial charge in [-0.2, -0.15) is 5.10 Å². The molecule has 0 aliphatic carbocycles. The Labute approximate surface area is 118 Å². The largest absolute Gasteiger partial charge is 0.394 e. The molecule has 0 saturated carbocycles. The van der Waals surface area contributed by atoms with Crippen molar-refractivity contribution < 1.29 is 13.5 Å². The van der Waals surface area contributed by atoms with Gasteiger partial charge in [-0.25, -0.2) is 13.1 Å². The van der Waals surface area contributed by atoms with Crippen LogP contribution in [-0.2, 0) is 16.4 Å². The van der Waals surface area contributed by atoms with Crippen LogP contribution in [0.2, 0.25) is 0 Å². The maximum absolute atomic E-state index is 11.9. The van der Waals surface area contributed by atoms with Crippen LogP contribution in [0, 0.1) is 0 Å². The van der Waals surface area contributed by atoms with Crippen molar-refractivity contribution in [1.82, 2.24) is 9.78 Å². The molecule has 9 heteroatoms. The van der Waals surface area contributed by atoms with Crippen molar-refractivity contribution in [1.29, 1.82) is 0 Å². The van der Waals surface area contributed by atoms with Gasteiger partial charge in [0.05, 0.1) is 36.5 Å². The van der Waals surface area contributed by atoms with Crippen molar-refractivity contribution in [2.24, 2.45) is 0 Å². The Kier molecular flexibility index (Phi) is 4.26. The van der Waals surface area contributed by atoms with Crippen LogP contribution >= 0.6 is 15.9 Å². The van der Waals surface area contributed by atoms with Gasteiger partial charge in [-0.3, -0.25) is 4.79 Å². The maximum atomic E-state index is 11.9. The van der Waals surface area contributed by atoms with E-state index in [9.17, 15) is 13.2 Å². The summed E-state index contributed by atoms with van der Waals surface area (Å²) in [6.07, 6.45) is 1.97. The molecule has 7 nitrogen and oxygen atoms in total. The SMILES string of the molecule is O=c1c(Br)c(NC2CCS(=O)(=O)C2)cnn1CCO. The zero-order chi connectivity index (χ0) is 14.0. The van der Waals surface area contributed by atoms with Gasteiger partial charge in [0.1, 0.15) is 4.47 Å². The van der Waals surface area contributed by atoms with Crippen molar-refractivity contribution >= 4 is 31.5 Å². The topological polar surface area (TPSA) is 101 Å². The van der Waals surface area contributed by atoms with E-state index in [1.54, 1.807) is 0 Å². The molecule has 1 saturated heterocycles. The van der Waals surface area contributed by atoms with Gasteiger partial charge in [-0.1, -0.05) is 0 Å². The van der Waals surface area contributed by atoms with E-state index in [4.69, 9.17) is 5.11 Å². The van der Waals surface area contributed by atoms with E-state index in [1.807, 2.05) is 0 Å². The molecule has 0 radical (unpaired) electrons. The average Bonchev–Trinajstić information content (AvgIpc) is 2.69. The first-order valence-corrected chi connectivity index (χ1v) is 8.38. The van der Waals surface area contributed by atoms with Crippen LogP contribution in [0.15, 0.2) is 15.5 Å². The van der Waals surface area contributed by atoms with Crippen LogP contribution < -0.4 is 10.9 Å². The molecule has 1 atom stereocenters. The molecule has 2 N–H and O–H groups in total. The van der Waals surface area contributed by atoms with Crippen LogP contribution in [0.5, 0.6) is 0 Å². The first-order chi connectivity index (χ1) is 8.93. The molecular weight excluding hydrogens is 338 g/mol. The monoisotopic (exact) mass is 351 g/mol. The van der Waals surface area contributed by atoms with Gasteiger partial charge >= 0.3 is 0 Å². The number of anilines is 1.